The summed E-state index contributed by atoms with van der Waals surface area (Å²) < 4.78 is 26.5. The standard InChI is InChI=1S/C20H30BFN2O3/c1-13-11-15(22)16(24-17(25)23-10-9-20(6)7-8-20)12-14(13)21-26-18(2,3)19(4,5)27-21/h11-12H,7-10H2,1-6H3,(H2,23,24,25). The van der Waals surface area contributed by atoms with Crippen LogP contribution in [0.1, 0.15) is 59.4 Å². The number of rotatable bonds is 5. The molecule has 2 N–H and O–H groups in total. The predicted octanol–water partition coefficient (Wildman–Crippen LogP) is 3.75. The lowest BCUT2D eigenvalue weighted by atomic mass is 9.76. The van der Waals surface area contributed by atoms with Gasteiger partial charge in [0, 0.05) is 6.54 Å². The normalized spacial score (nSPS) is 21.8. The lowest BCUT2D eigenvalue weighted by Crippen LogP contribution is -2.41. The van der Waals surface area contributed by atoms with E-state index in [4.69, 9.17) is 9.31 Å². The van der Waals surface area contributed by atoms with E-state index >= 15 is 0 Å². The molecule has 7 heteroatoms. The quantitative estimate of drug-likeness (QED) is 0.770. The van der Waals surface area contributed by atoms with Gasteiger partial charge in [0.1, 0.15) is 5.82 Å². The van der Waals surface area contributed by atoms with Crippen molar-refractivity contribution in [1.82, 2.24) is 5.32 Å². The van der Waals surface area contributed by atoms with Crippen molar-refractivity contribution < 1.29 is 18.5 Å². The summed E-state index contributed by atoms with van der Waals surface area (Å²) in [4.78, 5) is 12.1. The van der Waals surface area contributed by atoms with Gasteiger partial charge in [-0.25, -0.2) is 9.18 Å². The summed E-state index contributed by atoms with van der Waals surface area (Å²) in [7, 11) is -0.603. The topological polar surface area (TPSA) is 59.6 Å². The molecule has 1 heterocycles. The van der Waals surface area contributed by atoms with E-state index in [-0.39, 0.29) is 5.69 Å². The Balaban J connectivity index is 1.69. The smallest absolute Gasteiger partial charge is 0.399 e. The molecule has 1 aliphatic heterocycles. The molecule has 5 nitrogen and oxygen atoms in total. The maximum atomic E-state index is 14.4. The number of anilines is 1. The monoisotopic (exact) mass is 376 g/mol. The van der Waals surface area contributed by atoms with Crippen molar-refractivity contribution in [3.05, 3.63) is 23.5 Å². The second-order valence-electron chi connectivity index (χ2n) is 9.22. The van der Waals surface area contributed by atoms with Crippen LogP contribution in [-0.4, -0.2) is 30.9 Å². The zero-order valence-electron chi connectivity index (χ0n) is 17.2. The SMILES string of the molecule is Cc1cc(F)c(NC(=O)NCCC2(C)CC2)cc1B1OC(C)(C)C(C)(C)O1. The Bertz CT molecular complexity index is 731. The molecule has 3 rings (SSSR count). The van der Waals surface area contributed by atoms with Gasteiger partial charge in [0.15, 0.2) is 0 Å². The molecule has 0 unspecified atom stereocenters. The van der Waals surface area contributed by atoms with Gasteiger partial charge in [-0.1, -0.05) is 6.92 Å². The molecule has 2 aliphatic rings. The van der Waals surface area contributed by atoms with Crippen LogP contribution in [0.25, 0.3) is 0 Å². The number of benzene rings is 1. The molecular weight excluding hydrogens is 346 g/mol. The average molecular weight is 376 g/mol. The number of carbonyl (C=O) groups is 1. The van der Waals surface area contributed by atoms with Crippen LogP contribution in [0.4, 0.5) is 14.9 Å². The minimum Gasteiger partial charge on any atom is -0.399 e. The molecule has 0 spiro atoms. The third-order valence-electron chi connectivity index (χ3n) is 6.23. The van der Waals surface area contributed by atoms with Gasteiger partial charge in [-0.15, -0.1) is 0 Å². The highest BCUT2D eigenvalue weighted by Crippen LogP contribution is 2.47. The van der Waals surface area contributed by atoms with E-state index < -0.39 is 30.2 Å². The van der Waals surface area contributed by atoms with Crippen LogP contribution in [0.3, 0.4) is 0 Å². The molecule has 0 bridgehead atoms. The number of halogens is 1. The maximum Gasteiger partial charge on any atom is 0.495 e. The first-order valence-electron chi connectivity index (χ1n) is 9.63. The molecule has 27 heavy (non-hydrogen) atoms. The summed E-state index contributed by atoms with van der Waals surface area (Å²) in [6, 6.07) is 2.61. The second kappa shape index (κ2) is 6.78. The zero-order valence-corrected chi connectivity index (χ0v) is 17.2. The van der Waals surface area contributed by atoms with Crippen molar-refractivity contribution in [1.29, 1.82) is 0 Å². The molecule has 148 valence electrons. The molecule has 2 fully saturated rings. The summed E-state index contributed by atoms with van der Waals surface area (Å²) in [5.41, 5.74) is 0.965. The zero-order chi connectivity index (χ0) is 20.0. The molecule has 0 atom stereocenters. The number of aryl methyl sites for hydroxylation is 1. The van der Waals surface area contributed by atoms with Crippen molar-refractivity contribution in [2.45, 2.75) is 72.0 Å². The first-order valence-corrected chi connectivity index (χ1v) is 9.63. The number of nitrogens with one attached hydrogen (secondary N) is 2. The fraction of sp³-hybridized carbons (Fsp3) is 0.650. The van der Waals surface area contributed by atoms with Crippen LogP contribution in [0.2, 0.25) is 0 Å². The van der Waals surface area contributed by atoms with Gasteiger partial charge in [0.25, 0.3) is 0 Å². The molecule has 1 saturated heterocycles. The summed E-state index contributed by atoms with van der Waals surface area (Å²) >= 11 is 0. The van der Waals surface area contributed by atoms with Crippen molar-refractivity contribution >= 4 is 24.3 Å². The first kappa shape index (κ1) is 20.1. The van der Waals surface area contributed by atoms with Crippen molar-refractivity contribution in [3.8, 4) is 0 Å². The van der Waals surface area contributed by atoms with Crippen LogP contribution < -0.4 is 16.1 Å². The van der Waals surface area contributed by atoms with Gasteiger partial charge in [-0.2, -0.15) is 0 Å². The van der Waals surface area contributed by atoms with Crippen molar-refractivity contribution in [2.75, 3.05) is 11.9 Å². The second-order valence-corrected chi connectivity index (χ2v) is 9.22. The Kier molecular flexibility index (Phi) is 5.06. The molecule has 1 aromatic carbocycles. The fourth-order valence-electron chi connectivity index (χ4n) is 3.12. The van der Waals surface area contributed by atoms with Crippen molar-refractivity contribution in [3.63, 3.8) is 0 Å². The van der Waals surface area contributed by atoms with Crippen LogP contribution in [0.15, 0.2) is 12.1 Å². The lowest BCUT2D eigenvalue weighted by Gasteiger charge is -2.32. The minimum atomic E-state index is -0.603. The van der Waals surface area contributed by atoms with E-state index in [2.05, 4.69) is 17.6 Å². The van der Waals surface area contributed by atoms with E-state index in [1.807, 2.05) is 34.6 Å². The minimum absolute atomic E-state index is 0.125. The summed E-state index contributed by atoms with van der Waals surface area (Å²) in [6.45, 7) is 12.5. The number of hydrogen-bond donors (Lipinski definition) is 2. The highest BCUT2D eigenvalue weighted by molar-refractivity contribution is 6.62. The molecular formula is C20H30BFN2O3. The van der Waals surface area contributed by atoms with Crippen LogP contribution >= 0.6 is 0 Å². The lowest BCUT2D eigenvalue weighted by molar-refractivity contribution is 0.00578. The Labute approximate surface area is 161 Å². The summed E-state index contributed by atoms with van der Waals surface area (Å²) in [5, 5.41) is 5.42. The van der Waals surface area contributed by atoms with E-state index in [0.717, 1.165) is 17.4 Å². The number of urea groups is 1. The first-order chi connectivity index (χ1) is 12.4. The van der Waals surface area contributed by atoms with Gasteiger partial charge < -0.3 is 19.9 Å². The Morgan fingerprint density at radius 3 is 2.30 bits per heavy atom. The van der Waals surface area contributed by atoms with E-state index in [9.17, 15) is 9.18 Å². The van der Waals surface area contributed by atoms with E-state index in [0.29, 0.717) is 12.0 Å². The molecule has 0 radical (unpaired) electrons. The predicted molar refractivity (Wildman–Crippen MR) is 106 cm³/mol. The van der Waals surface area contributed by atoms with Gasteiger partial charge in [0.2, 0.25) is 0 Å². The summed E-state index contributed by atoms with van der Waals surface area (Å²) in [6.07, 6.45) is 3.36. The average Bonchev–Trinajstić information content (AvgIpc) is 3.21. The molecule has 1 saturated carbocycles. The highest BCUT2D eigenvalue weighted by atomic mass is 19.1. The van der Waals surface area contributed by atoms with E-state index in [1.54, 1.807) is 6.07 Å². The Morgan fingerprint density at radius 2 is 1.74 bits per heavy atom. The van der Waals surface area contributed by atoms with Gasteiger partial charge in [-0.3, -0.25) is 0 Å². The molecule has 1 aliphatic carbocycles. The number of hydrogen-bond acceptors (Lipinski definition) is 3. The van der Waals surface area contributed by atoms with E-state index in [1.165, 1.54) is 18.9 Å². The number of amides is 2. The van der Waals surface area contributed by atoms with Crippen molar-refractivity contribution in [2.24, 2.45) is 5.41 Å². The molecule has 1 aromatic rings. The highest BCUT2D eigenvalue weighted by Gasteiger charge is 2.52. The largest absolute Gasteiger partial charge is 0.495 e. The third-order valence-corrected chi connectivity index (χ3v) is 6.23. The summed E-state index contributed by atoms with van der Waals surface area (Å²) in [5.74, 6) is -0.475. The van der Waals surface area contributed by atoms with Crippen LogP contribution in [0.5, 0.6) is 0 Å². The Morgan fingerprint density at radius 1 is 1.15 bits per heavy atom. The third kappa shape index (κ3) is 4.30. The van der Waals surface area contributed by atoms with Gasteiger partial charge in [0.05, 0.1) is 16.9 Å². The van der Waals surface area contributed by atoms with Crippen LogP contribution in [0, 0.1) is 18.2 Å². The Hall–Kier alpha value is -1.60. The van der Waals surface area contributed by atoms with Gasteiger partial charge >= 0.3 is 13.1 Å². The molecule has 2 amide bonds. The van der Waals surface area contributed by atoms with Crippen LogP contribution in [-0.2, 0) is 9.31 Å². The maximum absolute atomic E-state index is 14.4. The fourth-order valence-corrected chi connectivity index (χ4v) is 3.12. The number of carbonyl (C=O) groups excluding carboxylic acids is 1. The van der Waals surface area contributed by atoms with Gasteiger partial charge in [-0.05, 0) is 82.5 Å². The molecule has 0 aromatic heterocycles.